The summed E-state index contributed by atoms with van der Waals surface area (Å²) >= 11 is 0. The molecule has 0 heterocycles. The van der Waals surface area contributed by atoms with Gasteiger partial charge in [-0.05, 0) is 56.0 Å². The largest absolute Gasteiger partial charge is 0.508 e. The summed E-state index contributed by atoms with van der Waals surface area (Å²) < 4.78 is 0. The minimum absolute atomic E-state index is 0.110. The topological polar surface area (TPSA) is 40.5 Å². The van der Waals surface area contributed by atoms with Crippen molar-refractivity contribution in [2.24, 2.45) is 0 Å². The summed E-state index contributed by atoms with van der Waals surface area (Å²) in [6.45, 7) is 31.0. The van der Waals surface area contributed by atoms with E-state index < -0.39 is 5.41 Å². The van der Waals surface area contributed by atoms with Crippen LogP contribution in [0.2, 0.25) is 0 Å². The highest BCUT2D eigenvalue weighted by Crippen LogP contribution is 2.52. The minimum atomic E-state index is -0.464. The van der Waals surface area contributed by atoms with Gasteiger partial charge in [0.2, 0.25) is 0 Å². The molecule has 2 N–H and O–H groups in total. The van der Waals surface area contributed by atoms with Gasteiger partial charge in [-0.2, -0.15) is 0 Å². The second kappa shape index (κ2) is 8.07. The molecule has 0 bridgehead atoms. The summed E-state index contributed by atoms with van der Waals surface area (Å²) in [4.78, 5) is 0. The number of phenolic OH excluding ortho intramolecular Hbond substituents is 2. The van der Waals surface area contributed by atoms with Gasteiger partial charge in [-0.1, -0.05) is 109 Å². The van der Waals surface area contributed by atoms with Crippen molar-refractivity contribution < 1.29 is 10.2 Å². The standard InChI is InChI=1S/C31H48O2/c1-27(2,3)19-15-17-21(32)25(29(7,8)9)23(19)31(13,14)24-20(28(4,5)6)16-18-22(33)26(24)30(10,11)12/h15-18,32-33H,1-14H3. The van der Waals surface area contributed by atoms with E-state index in [1.807, 2.05) is 12.1 Å². The van der Waals surface area contributed by atoms with Gasteiger partial charge < -0.3 is 10.2 Å². The van der Waals surface area contributed by atoms with Crippen molar-refractivity contribution in [1.82, 2.24) is 0 Å². The normalized spacial score (nSPS) is 14.0. The molecule has 0 aliphatic heterocycles. The first kappa shape index (κ1) is 27.3. The average Bonchev–Trinajstić information content (AvgIpc) is 2.56. The summed E-state index contributed by atoms with van der Waals surface area (Å²) in [7, 11) is 0. The monoisotopic (exact) mass is 452 g/mol. The molecule has 0 atom stereocenters. The predicted molar refractivity (Wildman–Crippen MR) is 143 cm³/mol. The molecule has 2 heteroatoms. The van der Waals surface area contributed by atoms with Crippen LogP contribution in [-0.2, 0) is 27.1 Å². The molecule has 0 saturated carbocycles. The lowest BCUT2D eigenvalue weighted by atomic mass is 9.61. The first-order valence-electron chi connectivity index (χ1n) is 12.3. The SMILES string of the molecule is CC(C)(C)c1ccc(O)c(C(C)(C)C)c1C(C)(C)c1c(C(C)(C)C)ccc(O)c1C(C)(C)C. The van der Waals surface area contributed by atoms with Gasteiger partial charge in [0.15, 0.2) is 0 Å². The van der Waals surface area contributed by atoms with Crippen LogP contribution < -0.4 is 0 Å². The van der Waals surface area contributed by atoms with E-state index in [1.165, 1.54) is 22.3 Å². The predicted octanol–water partition coefficient (Wildman–Crippen LogP) is 8.61. The molecule has 2 nitrogen and oxygen atoms in total. The molecule has 0 fully saturated rings. The second-order valence-corrected chi connectivity index (χ2v) is 14.4. The van der Waals surface area contributed by atoms with Gasteiger partial charge in [0, 0.05) is 16.5 Å². The number of hydrogen-bond donors (Lipinski definition) is 2. The van der Waals surface area contributed by atoms with E-state index in [0.717, 1.165) is 11.1 Å². The Kier molecular flexibility index (Phi) is 6.67. The third-order valence-corrected chi connectivity index (χ3v) is 6.73. The van der Waals surface area contributed by atoms with Crippen molar-refractivity contribution in [1.29, 1.82) is 0 Å². The molecule has 2 aromatic rings. The highest BCUT2D eigenvalue weighted by Gasteiger charge is 2.42. The smallest absolute Gasteiger partial charge is 0.119 e. The first-order valence-corrected chi connectivity index (χ1v) is 12.3. The van der Waals surface area contributed by atoms with E-state index in [-0.39, 0.29) is 21.7 Å². The van der Waals surface area contributed by atoms with Crippen LogP contribution in [0.3, 0.4) is 0 Å². The van der Waals surface area contributed by atoms with Crippen molar-refractivity contribution in [2.45, 2.75) is 124 Å². The fraction of sp³-hybridized carbons (Fsp3) is 0.613. The van der Waals surface area contributed by atoms with Gasteiger partial charge in [0.05, 0.1) is 0 Å². The summed E-state index contributed by atoms with van der Waals surface area (Å²) in [6.07, 6.45) is 0. The van der Waals surface area contributed by atoms with Crippen LogP contribution in [0.4, 0.5) is 0 Å². The molecular formula is C31H48O2. The number of rotatable bonds is 2. The Balaban J connectivity index is 3.25. The molecule has 0 aromatic heterocycles. The molecule has 0 aliphatic carbocycles. The van der Waals surface area contributed by atoms with Crippen molar-refractivity contribution in [3.63, 3.8) is 0 Å². The number of phenols is 2. The highest BCUT2D eigenvalue weighted by atomic mass is 16.3. The van der Waals surface area contributed by atoms with Crippen LogP contribution >= 0.6 is 0 Å². The summed E-state index contributed by atoms with van der Waals surface area (Å²) in [6, 6.07) is 7.91. The van der Waals surface area contributed by atoms with Gasteiger partial charge in [0.25, 0.3) is 0 Å². The fourth-order valence-electron chi connectivity index (χ4n) is 5.38. The maximum Gasteiger partial charge on any atom is 0.119 e. The summed E-state index contributed by atoms with van der Waals surface area (Å²) in [5.41, 5.74) is 5.60. The Morgan fingerprint density at radius 3 is 0.879 bits per heavy atom. The van der Waals surface area contributed by atoms with E-state index >= 15 is 0 Å². The second-order valence-electron chi connectivity index (χ2n) is 14.4. The van der Waals surface area contributed by atoms with Crippen LogP contribution in [0.15, 0.2) is 24.3 Å². The van der Waals surface area contributed by atoms with E-state index in [1.54, 1.807) is 0 Å². The fourth-order valence-corrected chi connectivity index (χ4v) is 5.38. The maximum absolute atomic E-state index is 11.2. The number of hydrogen-bond acceptors (Lipinski definition) is 2. The van der Waals surface area contributed by atoms with Crippen LogP contribution in [0.5, 0.6) is 11.5 Å². The van der Waals surface area contributed by atoms with Crippen LogP contribution in [0.25, 0.3) is 0 Å². The lowest BCUT2D eigenvalue weighted by molar-refractivity contribution is 0.420. The molecule has 2 aromatic carbocycles. The molecule has 0 amide bonds. The van der Waals surface area contributed by atoms with Gasteiger partial charge in [-0.25, -0.2) is 0 Å². The zero-order chi connectivity index (χ0) is 25.9. The summed E-state index contributed by atoms with van der Waals surface area (Å²) in [5, 5.41) is 22.4. The Labute approximate surface area is 203 Å². The summed E-state index contributed by atoms with van der Waals surface area (Å²) in [5.74, 6) is 0.682. The Morgan fingerprint density at radius 2 is 0.667 bits per heavy atom. The molecule has 0 aliphatic rings. The first-order chi connectivity index (χ1) is 14.5. The van der Waals surface area contributed by atoms with Crippen molar-refractivity contribution in [3.05, 3.63) is 57.6 Å². The quantitative estimate of drug-likeness (QED) is 0.479. The molecule has 2 rings (SSSR count). The van der Waals surface area contributed by atoms with Crippen molar-refractivity contribution in [2.75, 3.05) is 0 Å². The van der Waals surface area contributed by atoms with Crippen LogP contribution in [-0.4, -0.2) is 10.2 Å². The lowest BCUT2D eigenvalue weighted by Gasteiger charge is -2.43. The van der Waals surface area contributed by atoms with Crippen LogP contribution in [0.1, 0.15) is 130 Å². The van der Waals surface area contributed by atoms with Gasteiger partial charge in [-0.15, -0.1) is 0 Å². The van der Waals surface area contributed by atoms with E-state index in [0.29, 0.717) is 11.5 Å². The lowest BCUT2D eigenvalue weighted by Crippen LogP contribution is -2.35. The zero-order valence-corrected chi connectivity index (χ0v) is 23.7. The average molecular weight is 453 g/mol. The minimum Gasteiger partial charge on any atom is -0.508 e. The van der Waals surface area contributed by atoms with Crippen LogP contribution in [0, 0.1) is 0 Å². The molecule has 0 spiro atoms. The molecule has 0 saturated heterocycles. The van der Waals surface area contributed by atoms with Crippen molar-refractivity contribution >= 4 is 0 Å². The van der Waals surface area contributed by atoms with E-state index in [4.69, 9.17) is 0 Å². The number of aromatic hydroxyl groups is 2. The Morgan fingerprint density at radius 1 is 0.394 bits per heavy atom. The molecule has 0 radical (unpaired) electrons. The zero-order valence-electron chi connectivity index (χ0n) is 23.7. The third kappa shape index (κ3) is 5.10. The molecular weight excluding hydrogens is 404 g/mol. The molecule has 184 valence electrons. The van der Waals surface area contributed by atoms with Gasteiger partial charge >= 0.3 is 0 Å². The number of benzene rings is 2. The molecule has 33 heavy (non-hydrogen) atoms. The Bertz CT molecular complexity index is 944. The van der Waals surface area contributed by atoms with Gasteiger partial charge in [-0.3, -0.25) is 0 Å². The maximum atomic E-state index is 11.2. The van der Waals surface area contributed by atoms with E-state index in [9.17, 15) is 10.2 Å². The molecule has 0 unspecified atom stereocenters. The third-order valence-electron chi connectivity index (χ3n) is 6.73. The highest BCUT2D eigenvalue weighted by molar-refractivity contribution is 5.62. The van der Waals surface area contributed by atoms with E-state index in [2.05, 4.69) is 109 Å². The van der Waals surface area contributed by atoms with Crippen molar-refractivity contribution in [3.8, 4) is 11.5 Å². The van der Waals surface area contributed by atoms with Gasteiger partial charge in [0.1, 0.15) is 11.5 Å². The Hall–Kier alpha value is -1.96.